The fourth-order valence-corrected chi connectivity index (χ4v) is 2.59. The summed E-state index contributed by atoms with van der Waals surface area (Å²) in [4.78, 5) is 2.51. The summed E-state index contributed by atoms with van der Waals surface area (Å²) >= 11 is 0. The molecule has 82 valence electrons. The van der Waals surface area contributed by atoms with Crippen LogP contribution in [-0.4, -0.2) is 18.0 Å². The molecule has 1 aromatic rings. The molecule has 1 heterocycles. The van der Waals surface area contributed by atoms with Gasteiger partial charge >= 0.3 is 0 Å². The third-order valence-electron chi connectivity index (χ3n) is 3.83. The smallest absolute Gasteiger partial charge is 0.0236 e. The van der Waals surface area contributed by atoms with E-state index in [4.69, 9.17) is 0 Å². The summed E-state index contributed by atoms with van der Waals surface area (Å²) in [6, 6.07) is 9.59. The summed E-state index contributed by atoms with van der Waals surface area (Å²) in [7, 11) is 2.26. The highest BCUT2D eigenvalue weighted by Gasteiger charge is 2.26. The highest BCUT2D eigenvalue weighted by Crippen LogP contribution is 2.26. The van der Waals surface area contributed by atoms with Crippen molar-refractivity contribution in [3.8, 4) is 0 Å². The molecule has 15 heavy (non-hydrogen) atoms. The fourth-order valence-electron chi connectivity index (χ4n) is 2.59. The zero-order valence-corrected chi connectivity index (χ0v) is 10.0. The summed E-state index contributed by atoms with van der Waals surface area (Å²) in [6.45, 7) is 5.78. The first-order valence-corrected chi connectivity index (χ1v) is 5.99. The Labute approximate surface area is 93.1 Å². The van der Waals surface area contributed by atoms with E-state index >= 15 is 0 Å². The number of hydrogen-bond donors (Lipinski definition) is 0. The van der Waals surface area contributed by atoms with Gasteiger partial charge in [-0.05, 0) is 30.5 Å². The Morgan fingerprint density at radius 2 is 2.00 bits per heavy atom. The Balaban J connectivity index is 2.22. The molecular weight excluding hydrogens is 182 g/mol. The third-order valence-corrected chi connectivity index (χ3v) is 3.83. The highest BCUT2D eigenvalue weighted by atomic mass is 15.1. The number of likely N-dealkylation sites (N-methyl/N-ethyl adjacent to an activating group) is 1. The molecule has 0 bridgehead atoms. The molecular formula is C14H21N. The van der Waals surface area contributed by atoms with Crippen LogP contribution < -0.4 is 0 Å². The van der Waals surface area contributed by atoms with Crippen molar-refractivity contribution in [2.45, 2.75) is 39.3 Å². The second-order valence-corrected chi connectivity index (χ2v) is 4.84. The second kappa shape index (κ2) is 4.36. The van der Waals surface area contributed by atoms with Gasteiger partial charge in [0.1, 0.15) is 0 Å². The second-order valence-electron chi connectivity index (χ2n) is 4.84. The first kappa shape index (κ1) is 10.7. The third kappa shape index (κ3) is 2.07. The van der Waals surface area contributed by atoms with Gasteiger partial charge in [-0.2, -0.15) is 0 Å². The molecule has 0 saturated heterocycles. The molecule has 0 fully saturated rings. The number of nitrogens with zero attached hydrogens (tertiary/aromatic N) is 1. The summed E-state index contributed by atoms with van der Waals surface area (Å²) in [5.74, 6) is 0.795. The van der Waals surface area contributed by atoms with Gasteiger partial charge in [0.25, 0.3) is 0 Å². The molecule has 0 amide bonds. The SMILES string of the molecule is CCC(C)C1Cc2ccccc2CN1C. The molecule has 1 aromatic carbocycles. The predicted molar refractivity (Wildman–Crippen MR) is 64.9 cm³/mol. The van der Waals surface area contributed by atoms with Crippen molar-refractivity contribution in [3.05, 3.63) is 35.4 Å². The zero-order valence-electron chi connectivity index (χ0n) is 10.0. The molecule has 1 heteroatoms. The van der Waals surface area contributed by atoms with Gasteiger partial charge in [0.05, 0.1) is 0 Å². The quantitative estimate of drug-likeness (QED) is 0.714. The summed E-state index contributed by atoms with van der Waals surface area (Å²) in [5.41, 5.74) is 3.07. The van der Waals surface area contributed by atoms with Crippen molar-refractivity contribution in [1.29, 1.82) is 0 Å². The lowest BCUT2D eigenvalue weighted by Gasteiger charge is -2.37. The molecule has 1 nitrogen and oxygen atoms in total. The van der Waals surface area contributed by atoms with E-state index in [0.717, 1.165) is 18.5 Å². The van der Waals surface area contributed by atoms with Gasteiger partial charge < -0.3 is 0 Å². The lowest BCUT2D eigenvalue weighted by atomic mass is 9.86. The number of rotatable bonds is 2. The van der Waals surface area contributed by atoms with E-state index in [2.05, 4.69) is 50.1 Å². The Morgan fingerprint density at radius 1 is 1.33 bits per heavy atom. The average molecular weight is 203 g/mol. The molecule has 0 radical (unpaired) electrons. The van der Waals surface area contributed by atoms with Crippen molar-refractivity contribution >= 4 is 0 Å². The van der Waals surface area contributed by atoms with Crippen LogP contribution in [0, 0.1) is 5.92 Å². The van der Waals surface area contributed by atoms with Gasteiger partial charge in [-0.15, -0.1) is 0 Å². The molecule has 0 aliphatic carbocycles. The van der Waals surface area contributed by atoms with Crippen LogP contribution in [0.25, 0.3) is 0 Å². The van der Waals surface area contributed by atoms with Crippen LogP contribution in [-0.2, 0) is 13.0 Å². The minimum atomic E-state index is 0.727. The average Bonchev–Trinajstić information content (AvgIpc) is 2.27. The lowest BCUT2D eigenvalue weighted by Crippen LogP contribution is -2.41. The van der Waals surface area contributed by atoms with Gasteiger partial charge in [-0.3, -0.25) is 4.90 Å². The van der Waals surface area contributed by atoms with Crippen LogP contribution >= 0.6 is 0 Å². The molecule has 2 atom stereocenters. The standard InChI is InChI=1S/C14H21N/c1-4-11(2)14-9-12-7-5-6-8-13(12)10-15(14)3/h5-8,11,14H,4,9-10H2,1-3H3. The molecule has 2 rings (SSSR count). The Morgan fingerprint density at radius 3 is 2.67 bits per heavy atom. The van der Waals surface area contributed by atoms with Crippen LogP contribution in [0.1, 0.15) is 31.4 Å². The van der Waals surface area contributed by atoms with Crippen molar-refractivity contribution < 1.29 is 0 Å². The number of fused-ring (bicyclic) bond motifs is 1. The minimum Gasteiger partial charge on any atom is -0.299 e. The summed E-state index contributed by atoms with van der Waals surface area (Å²) in [5, 5.41) is 0. The van der Waals surface area contributed by atoms with Gasteiger partial charge in [-0.25, -0.2) is 0 Å². The zero-order chi connectivity index (χ0) is 10.8. The first-order chi connectivity index (χ1) is 7.22. The van der Waals surface area contributed by atoms with E-state index in [9.17, 15) is 0 Å². The maximum atomic E-state index is 2.51. The maximum absolute atomic E-state index is 2.51. The normalized spacial score (nSPS) is 23.5. The predicted octanol–water partition coefficient (Wildman–Crippen LogP) is 3.09. The fraction of sp³-hybridized carbons (Fsp3) is 0.571. The Hall–Kier alpha value is -0.820. The first-order valence-electron chi connectivity index (χ1n) is 5.99. The molecule has 1 aliphatic rings. The largest absolute Gasteiger partial charge is 0.299 e. The maximum Gasteiger partial charge on any atom is 0.0236 e. The number of hydrogen-bond acceptors (Lipinski definition) is 1. The lowest BCUT2D eigenvalue weighted by molar-refractivity contribution is 0.158. The summed E-state index contributed by atoms with van der Waals surface area (Å²) < 4.78 is 0. The van der Waals surface area contributed by atoms with E-state index in [1.54, 1.807) is 5.56 Å². The summed E-state index contributed by atoms with van der Waals surface area (Å²) in [6.07, 6.45) is 2.50. The van der Waals surface area contributed by atoms with Crippen LogP contribution in [0.2, 0.25) is 0 Å². The van der Waals surface area contributed by atoms with Gasteiger partial charge in [-0.1, -0.05) is 44.5 Å². The topological polar surface area (TPSA) is 3.24 Å². The highest BCUT2D eigenvalue weighted by molar-refractivity contribution is 5.30. The van der Waals surface area contributed by atoms with Crippen molar-refractivity contribution in [2.24, 2.45) is 5.92 Å². The van der Waals surface area contributed by atoms with Crippen LogP contribution in [0.5, 0.6) is 0 Å². The van der Waals surface area contributed by atoms with E-state index in [0.29, 0.717) is 0 Å². The number of benzene rings is 1. The van der Waals surface area contributed by atoms with Crippen molar-refractivity contribution in [1.82, 2.24) is 4.90 Å². The van der Waals surface area contributed by atoms with E-state index in [-0.39, 0.29) is 0 Å². The Kier molecular flexibility index (Phi) is 3.11. The van der Waals surface area contributed by atoms with Gasteiger partial charge in [0.15, 0.2) is 0 Å². The molecule has 0 spiro atoms. The van der Waals surface area contributed by atoms with Crippen LogP contribution in [0.15, 0.2) is 24.3 Å². The van der Waals surface area contributed by atoms with E-state index in [1.807, 2.05) is 0 Å². The van der Waals surface area contributed by atoms with E-state index in [1.165, 1.54) is 18.4 Å². The van der Waals surface area contributed by atoms with Gasteiger partial charge in [0.2, 0.25) is 0 Å². The molecule has 1 aliphatic heterocycles. The Bertz CT molecular complexity index is 332. The molecule has 0 saturated carbocycles. The minimum absolute atomic E-state index is 0.727. The van der Waals surface area contributed by atoms with Gasteiger partial charge in [0, 0.05) is 12.6 Å². The molecule has 0 aromatic heterocycles. The van der Waals surface area contributed by atoms with E-state index < -0.39 is 0 Å². The monoisotopic (exact) mass is 203 g/mol. The van der Waals surface area contributed by atoms with Crippen molar-refractivity contribution in [2.75, 3.05) is 7.05 Å². The van der Waals surface area contributed by atoms with Crippen LogP contribution in [0.4, 0.5) is 0 Å². The molecule has 2 unspecified atom stereocenters. The molecule has 0 N–H and O–H groups in total. The van der Waals surface area contributed by atoms with Crippen LogP contribution in [0.3, 0.4) is 0 Å². The van der Waals surface area contributed by atoms with Crippen molar-refractivity contribution in [3.63, 3.8) is 0 Å².